The molecule has 26 heavy (non-hydrogen) atoms. The summed E-state index contributed by atoms with van der Waals surface area (Å²) in [5.74, 6) is -0.311. The average molecular weight is 349 g/mol. The molecular weight excluding hydrogens is 330 g/mol. The quantitative estimate of drug-likeness (QED) is 0.617. The maximum atomic E-state index is 12.2. The fourth-order valence-corrected chi connectivity index (χ4v) is 2.72. The first-order valence-corrected chi connectivity index (χ1v) is 8.15. The van der Waals surface area contributed by atoms with Crippen molar-refractivity contribution in [3.8, 4) is 5.75 Å². The lowest BCUT2D eigenvalue weighted by Gasteiger charge is -2.07. The predicted molar refractivity (Wildman–Crippen MR) is 102 cm³/mol. The van der Waals surface area contributed by atoms with Crippen LogP contribution in [0, 0.1) is 6.92 Å². The number of aryl methyl sites for hydroxylation is 1. The highest BCUT2D eigenvalue weighted by atomic mass is 16.3. The molecule has 0 saturated carbocycles. The van der Waals surface area contributed by atoms with Crippen LogP contribution in [-0.4, -0.2) is 33.9 Å². The summed E-state index contributed by atoms with van der Waals surface area (Å²) in [6.07, 6.45) is 3.11. The van der Waals surface area contributed by atoms with Gasteiger partial charge in [-0.3, -0.25) is 14.8 Å². The predicted octanol–water partition coefficient (Wildman–Crippen LogP) is 2.80. The van der Waals surface area contributed by atoms with Gasteiger partial charge in [0.25, 0.3) is 0 Å². The maximum absolute atomic E-state index is 12.2. The first-order valence-electron chi connectivity index (χ1n) is 8.15. The Morgan fingerprint density at radius 2 is 2.08 bits per heavy atom. The molecule has 6 nitrogen and oxygen atoms in total. The first kappa shape index (κ1) is 17.6. The molecule has 3 aromatic rings. The van der Waals surface area contributed by atoms with Crippen LogP contribution >= 0.6 is 0 Å². The molecule has 0 aliphatic rings. The molecule has 3 rings (SSSR count). The number of fused-ring (bicyclic) bond motifs is 1. The van der Waals surface area contributed by atoms with Crippen LogP contribution < -0.4 is 5.32 Å². The lowest BCUT2D eigenvalue weighted by Crippen LogP contribution is -2.15. The Morgan fingerprint density at radius 1 is 1.27 bits per heavy atom. The molecule has 0 fully saturated rings. The number of pyridine rings is 1. The monoisotopic (exact) mass is 349 g/mol. The number of aliphatic hydroxyl groups is 1. The number of anilines is 1. The van der Waals surface area contributed by atoms with E-state index in [4.69, 9.17) is 0 Å². The van der Waals surface area contributed by atoms with Gasteiger partial charge in [0.2, 0.25) is 5.91 Å². The van der Waals surface area contributed by atoms with Crippen LogP contribution in [0.2, 0.25) is 0 Å². The fourth-order valence-electron chi connectivity index (χ4n) is 2.72. The van der Waals surface area contributed by atoms with Crippen molar-refractivity contribution in [2.75, 3.05) is 11.9 Å². The zero-order valence-electron chi connectivity index (χ0n) is 14.3. The minimum Gasteiger partial charge on any atom is -0.507 e. The van der Waals surface area contributed by atoms with Crippen molar-refractivity contribution in [2.45, 2.75) is 13.5 Å². The molecule has 0 bridgehead atoms. The summed E-state index contributed by atoms with van der Waals surface area (Å²) in [6.45, 7) is 1.50. The number of para-hydroxylation sites is 1. The Balaban J connectivity index is 1.71. The second kappa shape index (κ2) is 7.76. The van der Waals surface area contributed by atoms with Crippen LogP contribution in [0.1, 0.15) is 16.7 Å². The molecule has 0 unspecified atom stereocenters. The SMILES string of the molecule is Cc1cc(C=NCC(=O)Nc2cccc3cccnc23)c(O)c(CO)c1. The second-order valence-electron chi connectivity index (χ2n) is 5.92. The van der Waals surface area contributed by atoms with Gasteiger partial charge in [0, 0.05) is 28.9 Å². The molecule has 0 aliphatic carbocycles. The summed E-state index contributed by atoms with van der Waals surface area (Å²) >= 11 is 0. The highest BCUT2D eigenvalue weighted by molar-refractivity contribution is 6.01. The number of nitrogens with one attached hydrogen (secondary N) is 1. The van der Waals surface area contributed by atoms with Gasteiger partial charge in [-0.15, -0.1) is 0 Å². The van der Waals surface area contributed by atoms with E-state index in [0.29, 0.717) is 16.8 Å². The van der Waals surface area contributed by atoms with Gasteiger partial charge >= 0.3 is 0 Å². The number of benzene rings is 2. The smallest absolute Gasteiger partial charge is 0.246 e. The number of carbonyl (C=O) groups is 1. The van der Waals surface area contributed by atoms with Gasteiger partial charge in [0.1, 0.15) is 12.3 Å². The van der Waals surface area contributed by atoms with Gasteiger partial charge in [-0.1, -0.05) is 24.3 Å². The van der Waals surface area contributed by atoms with E-state index in [-0.39, 0.29) is 24.8 Å². The van der Waals surface area contributed by atoms with Gasteiger partial charge in [-0.2, -0.15) is 0 Å². The molecule has 1 aromatic heterocycles. The van der Waals surface area contributed by atoms with E-state index >= 15 is 0 Å². The zero-order valence-corrected chi connectivity index (χ0v) is 14.3. The molecule has 1 amide bonds. The molecule has 1 heterocycles. The van der Waals surface area contributed by atoms with Crippen LogP contribution in [0.25, 0.3) is 10.9 Å². The van der Waals surface area contributed by atoms with Crippen LogP contribution in [0.15, 0.2) is 53.7 Å². The Hall–Kier alpha value is -3.25. The Morgan fingerprint density at radius 3 is 2.88 bits per heavy atom. The minimum absolute atomic E-state index is 0.0273. The Labute approximate surface area is 150 Å². The van der Waals surface area contributed by atoms with Crippen molar-refractivity contribution < 1.29 is 15.0 Å². The largest absolute Gasteiger partial charge is 0.507 e. The van der Waals surface area contributed by atoms with Crippen molar-refractivity contribution in [1.82, 2.24) is 4.98 Å². The summed E-state index contributed by atoms with van der Waals surface area (Å²) in [4.78, 5) is 20.6. The third-order valence-corrected chi connectivity index (χ3v) is 3.91. The van der Waals surface area contributed by atoms with E-state index in [1.807, 2.05) is 31.2 Å². The van der Waals surface area contributed by atoms with Gasteiger partial charge < -0.3 is 15.5 Å². The van der Waals surface area contributed by atoms with E-state index < -0.39 is 0 Å². The zero-order chi connectivity index (χ0) is 18.5. The molecule has 6 heteroatoms. The summed E-state index contributed by atoms with van der Waals surface area (Å²) in [7, 11) is 0. The number of aliphatic hydroxyl groups excluding tert-OH is 1. The number of carbonyl (C=O) groups excluding carboxylic acids is 1. The molecule has 0 radical (unpaired) electrons. The highest BCUT2D eigenvalue weighted by Crippen LogP contribution is 2.23. The molecule has 3 N–H and O–H groups in total. The fraction of sp³-hybridized carbons (Fsp3) is 0.150. The summed E-state index contributed by atoms with van der Waals surface area (Å²) in [6, 6.07) is 12.8. The molecule has 132 valence electrons. The number of amides is 1. The number of hydrogen-bond donors (Lipinski definition) is 3. The molecule has 0 atom stereocenters. The first-order chi connectivity index (χ1) is 12.6. The van der Waals surface area contributed by atoms with E-state index in [1.54, 1.807) is 24.4 Å². The second-order valence-corrected chi connectivity index (χ2v) is 5.92. The molecule has 0 aliphatic heterocycles. The Bertz CT molecular complexity index is 978. The summed E-state index contributed by atoms with van der Waals surface area (Å²) in [5, 5.41) is 23.1. The van der Waals surface area contributed by atoms with Gasteiger partial charge in [0.15, 0.2) is 0 Å². The molecule has 0 spiro atoms. The normalized spacial score (nSPS) is 11.2. The van der Waals surface area contributed by atoms with Crippen LogP contribution in [0.3, 0.4) is 0 Å². The van der Waals surface area contributed by atoms with Crippen LogP contribution in [-0.2, 0) is 11.4 Å². The lowest BCUT2D eigenvalue weighted by molar-refractivity contribution is -0.114. The van der Waals surface area contributed by atoms with Crippen molar-refractivity contribution in [1.29, 1.82) is 0 Å². The summed E-state index contributed by atoms with van der Waals surface area (Å²) in [5.41, 5.74) is 3.13. The number of aliphatic imine (C=N–C) groups is 1. The third kappa shape index (κ3) is 3.87. The number of rotatable bonds is 5. The van der Waals surface area contributed by atoms with Crippen molar-refractivity contribution >= 4 is 28.7 Å². The van der Waals surface area contributed by atoms with Crippen molar-refractivity contribution in [3.63, 3.8) is 0 Å². The molecule has 2 aromatic carbocycles. The minimum atomic E-state index is -0.283. The lowest BCUT2D eigenvalue weighted by atomic mass is 10.1. The van der Waals surface area contributed by atoms with E-state index in [9.17, 15) is 15.0 Å². The molecular formula is C20H19N3O3. The van der Waals surface area contributed by atoms with E-state index in [1.165, 1.54) is 6.21 Å². The van der Waals surface area contributed by atoms with Crippen LogP contribution in [0.5, 0.6) is 5.75 Å². The Kier molecular flexibility index (Phi) is 5.24. The topological polar surface area (TPSA) is 94.8 Å². The maximum Gasteiger partial charge on any atom is 0.246 e. The average Bonchev–Trinajstić information content (AvgIpc) is 2.64. The van der Waals surface area contributed by atoms with Crippen molar-refractivity contribution in [2.24, 2.45) is 4.99 Å². The van der Waals surface area contributed by atoms with Gasteiger partial charge in [-0.25, -0.2) is 0 Å². The molecule has 0 saturated heterocycles. The standard InChI is InChI=1S/C20H19N3O3/c1-13-8-15(20(26)16(9-13)12-24)10-21-11-18(25)23-17-6-2-4-14-5-3-7-22-19(14)17/h2-10,24,26H,11-12H2,1H3,(H,23,25). The van der Waals surface area contributed by atoms with E-state index in [2.05, 4.69) is 15.3 Å². The third-order valence-electron chi connectivity index (χ3n) is 3.91. The highest BCUT2D eigenvalue weighted by Gasteiger charge is 2.08. The number of phenols is 1. The number of nitrogens with zero attached hydrogens (tertiary/aromatic N) is 2. The number of aromatic hydroxyl groups is 1. The number of aromatic nitrogens is 1. The van der Waals surface area contributed by atoms with Crippen LogP contribution in [0.4, 0.5) is 5.69 Å². The van der Waals surface area contributed by atoms with Gasteiger partial charge in [0.05, 0.1) is 17.8 Å². The van der Waals surface area contributed by atoms with E-state index in [0.717, 1.165) is 16.5 Å². The summed E-state index contributed by atoms with van der Waals surface area (Å²) < 4.78 is 0. The number of hydrogen-bond acceptors (Lipinski definition) is 5. The van der Waals surface area contributed by atoms with Gasteiger partial charge in [-0.05, 0) is 30.7 Å². The van der Waals surface area contributed by atoms with Crippen molar-refractivity contribution in [3.05, 3.63) is 65.4 Å².